The van der Waals surface area contributed by atoms with E-state index in [1.54, 1.807) is 21.3 Å². The fourth-order valence-corrected chi connectivity index (χ4v) is 3.00. The van der Waals surface area contributed by atoms with Crippen molar-refractivity contribution in [1.29, 1.82) is 0 Å². The lowest BCUT2D eigenvalue weighted by Gasteiger charge is -2.12. The fraction of sp³-hybridized carbons (Fsp3) is 0.286. The molecule has 0 fully saturated rings. The number of hydrogen-bond acceptors (Lipinski definition) is 4. The third-order valence-corrected chi connectivity index (χ3v) is 4.29. The summed E-state index contributed by atoms with van der Waals surface area (Å²) in [6.45, 7) is 3.06. The zero-order valence-corrected chi connectivity index (χ0v) is 15.7. The third-order valence-electron chi connectivity index (χ3n) is 4.29. The molecule has 5 nitrogen and oxygen atoms in total. The van der Waals surface area contributed by atoms with E-state index in [-0.39, 0.29) is 0 Å². The molecule has 0 aliphatic heterocycles. The molecule has 5 heteroatoms. The first-order chi connectivity index (χ1) is 12.7. The molecule has 0 N–H and O–H groups in total. The second-order valence-electron chi connectivity index (χ2n) is 5.97. The summed E-state index contributed by atoms with van der Waals surface area (Å²) < 4.78 is 18.3. The fourth-order valence-electron chi connectivity index (χ4n) is 3.00. The molecule has 2 aromatic carbocycles. The first kappa shape index (κ1) is 17.9. The highest BCUT2D eigenvalue weighted by Crippen LogP contribution is 2.36. The lowest BCUT2D eigenvalue weighted by Crippen LogP contribution is -1.98. The van der Waals surface area contributed by atoms with Gasteiger partial charge < -0.3 is 18.8 Å². The minimum absolute atomic E-state index is 0.741. The molecule has 0 spiro atoms. The summed E-state index contributed by atoms with van der Waals surface area (Å²) in [4.78, 5) is 4.70. The van der Waals surface area contributed by atoms with Gasteiger partial charge in [0.1, 0.15) is 17.2 Å². The van der Waals surface area contributed by atoms with Gasteiger partial charge in [-0.3, -0.25) is 0 Å². The second-order valence-corrected chi connectivity index (χ2v) is 5.97. The number of imidazole rings is 1. The normalized spacial score (nSPS) is 10.6. The van der Waals surface area contributed by atoms with Crippen molar-refractivity contribution in [2.45, 2.75) is 19.9 Å². The van der Waals surface area contributed by atoms with Gasteiger partial charge in [-0.2, -0.15) is 0 Å². The zero-order valence-electron chi connectivity index (χ0n) is 15.7. The maximum atomic E-state index is 5.42. The molecule has 0 amide bonds. The highest BCUT2D eigenvalue weighted by molar-refractivity contribution is 5.80. The van der Waals surface area contributed by atoms with Crippen LogP contribution in [-0.4, -0.2) is 30.9 Å². The van der Waals surface area contributed by atoms with E-state index < -0.39 is 0 Å². The average molecular weight is 352 g/mol. The Labute approximate surface area is 154 Å². The Balaban J connectivity index is 2.16. The average Bonchev–Trinajstić information content (AvgIpc) is 3.11. The summed E-state index contributed by atoms with van der Waals surface area (Å²) in [7, 11) is 4.97. The summed E-state index contributed by atoms with van der Waals surface area (Å²) in [5, 5.41) is 0. The SMILES string of the molecule is CCCn1cnc(-c2cc(OC)cc(OC)c2)c1-c1ccc(OC)cc1. The van der Waals surface area contributed by atoms with Crippen LogP contribution in [-0.2, 0) is 6.54 Å². The molecule has 136 valence electrons. The first-order valence-electron chi connectivity index (χ1n) is 8.63. The molecule has 26 heavy (non-hydrogen) atoms. The molecule has 0 saturated carbocycles. The van der Waals surface area contributed by atoms with Gasteiger partial charge in [-0.15, -0.1) is 0 Å². The van der Waals surface area contributed by atoms with Crippen molar-refractivity contribution >= 4 is 0 Å². The van der Waals surface area contributed by atoms with Crippen LogP contribution in [0.1, 0.15) is 13.3 Å². The van der Waals surface area contributed by atoms with Gasteiger partial charge >= 0.3 is 0 Å². The van der Waals surface area contributed by atoms with Crippen LogP contribution in [0.2, 0.25) is 0 Å². The van der Waals surface area contributed by atoms with E-state index in [1.807, 2.05) is 36.7 Å². The maximum Gasteiger partial charge on any atom is 0.123 e. The molecule has 0 aliphatic rings. The number of hydrogen-bond donors (Lipinski definition) is 0. The Morgan fingerprint density at radius 3 is 1.96 bits per heavy atom. The van der Waals surface area contributed by atoms with Crippen molar-refractivity contribution in [2.24, 2.45) is 0 Å². The number of rotatable bonds is 7. The van der Waals surface area contributed by atoms with Gasteiger partial charge in [0, 0.05) is 23.7 Å². The molecule has 3 rings (SSSR count). The van der Waals surface area contributed by atoms with Gasteiger partial charge in [-0.25, -0.2) is 4.98 Å². The van der Waals surface area contributed by atoms with E-state index in [1.165, 1.54) is 0 Å². The van der Waals surface area contributed by atoms with E-state index in [4.69, 9.17) is 19.2 Å². The van der Waals surface area contributed by atoms with Crippen LogP contribution in [0.5, 0.6) is 17.2 Å². The van der Waals surface area contributed by atoms with Crippen LogP contribution >= 0.6 is 0 Å². The van der Waals surface area contributed by atoms with Crippen molar-refractivity contribution in [3.8, 4) is 39.8 Å². The van der Waals surface area contributed by atoms with Gasteiger partial charge in [0.25, 0.3) is 0 Å². The van der Waals surface area contributed by atoms with E-state index in [2.05, 4.69) is 23.6 Å². The third kappa shape index (κ3) is 3.52. The lowest BCUT2D eigenvalue weighted by molar-refractivity contribution is 0.394. The summed E-state index contributed by atoms with van der Waals surface area (Å²) in [5.41, 5.74) is 4.03. The van der Waals surface area contributed by atoms with Crippen LogP contribution in [0.25, 0.3) is 22.5 Å². The number of nitrogens with zero attached hydrogens (tertiary/aromatic N) is 2. The quantitative estimate of drug-likeness (QED) is 0.621. The van der Waals surface area contributed by atoms with Gasteiger partial charge in [0.15, 0.2) is 0 Å². The van der Waals surface area contributed by atoms with Crippen molar-refractivity contribution in [2.75, 3.05) is 21.3 Å². The number of aromatic nitrogens is 2. The molecular formula is C21H24N2O3. The van der Waals surface area contributed by atoms with Crippen molar-refractivity contribution in [1.82, 2.24) is 9.55 Å². The maximum absolute atomic E-state index is 5.42. The smallest absolute Gasteiger partial charge is 0.123 e. The van der Waals surface area contributed by atoms with E-state index in [0.717, 1.165) is 52.7 Å². The highest BCUT2D eigenvalue weighted by Gasteiger charge is 2.16. The molecule has 0 saturated heterocycles. The molecule has 1 heterocycles. The number of benzene rings is 2. The summed E-state index contributed by atoms with van der Waals surface area (Å²) >= 11 is 0. The van der Waals surface area contributed by atoms with Crippen molar-refractivity contribution < 1.29 is 14.2 Å². The Kier molecular flexibility index (Phi) is 5.46. The van der Waals surface area contributed by atoms with Crippen LogP contribution in [0, 0.1) is 0 Å². The molecule has 0 aliphatic carbocycles. The molecule has 0 atom stereocenters. The minimum atomic E-state index is 0.741. The predicted molar refractivity (Wildman–Crippen MR) is 103 cm³/mol. The standard InChI is InChI=1S/C21H24N2O3/c1-5-10-23-14-22-20(16-11-18(25-3)13-19(12-16)26-4)21(23)15-6-8-17(24-2)9-7-15/h6-9,11-14H,5,10H2,1-4H3. The van der Waals surface area contributed by atoms with Gasteiger partial charge in [-0.05, 0) is 42.8 Å². The second kappa shape index (κ2) is 7.95. The largest absolute Gasteiger partial charge is 0.497 e. The van der Waals surface area contributed by atoms with Crippen LogP contribution in [0.15, 0.2) is 48.8 Å². The molecule has 0 unspecified atom stereocenters. The molecule has 3 aromatic rings. The van der Waals surface area contributed by atoms with Crippen LogP contribution < -0.4 is 14.2 Å². The molecular weight excluding hydrogens is 328 g/mol. The Hall–Kier alpha value is -2.95. The van der Waals surface area contributed by atoms with Crippen molar-refractivity contribution in [3.05, 3.63) is 48.8 Å². The summed E-state index contributed by atoms with van der Waals surface area (Å²) in [6, 6.07) is 13.9. The van der Waals surface area contributed by atoms with Gasteiger partial charge in [-0.1, -0.05) is 6.92 Å². The van der Waals surface area contributed by atoms with Gasteiger partial charge in [0.05, 0.1) is 39.0 Å². The van der Waals surface area contributed by atoms with E-state index in [9.17, 15) is 0 Å². The highest BCUT2D eigenvalue weighted by atomic mass is 16.5. The van der Waals surface area contributed by atoms with Crippen molar-refractivity contribution in [3.63, 3.8) is 0 Å². The van der Waals surface area contributed by atoms with E-state index in [0.29, 0.717) is 0 Å². The molecule has 0 radical (unpaired) electrons. The van der Waals surface area contributed by atoms with E-state index >= 15 is 0 Å². The number of aryl methyl sites for hydroxylation is 1. The zero-order chi connectivity index (χ0) is 18.5. The monoisotopic (exact) mass is 352 g/mol. The van der Waals surface area contributed by atoms with Gasteiger partial charge in [0.2, 0.25) is 0 Å². The topological polar surface area (TPSA) is 45.5 Å². The van der Waals surface area contributed by atoms with Crippen LogP contribution in [0.3, 0.4) is 0 Å². The Morgan fingerprint density at radius 1 is 0.808 bits per heavy atom. The number of ether oxygens (including phenoxy) is 3. The Bertz CT molecular complexity index is 847. The first-order valence-corrected chi connectivity index (χ1v) is 8.63. The molecule has 0 bridgehead atoms. The molecule has 1 aromatic heterocycles. The predicted octanol–water partition coefficient (Wildman–Crippen LogP) is 4.65. The lowest BCUT2D eigenvalue weighted by atomic mass is 10.0. The Morgan fingerprint density at radius 2 is 1.42 bits per heavy atom. The van der Waals surface area contributed by atoms with Crippen LogP contribution in [0.4, 0.5) is 0 Å². The number of methoxy groups -OCH3 is 3. The summed E-state index contributed by atoms with van der Waals surface area (Å²) in [5.74, 6) is 2.31. The summed E-state index contributed by atoms with van der Waals surface area (Å²) in [6.07, 6.45) is 2.92. The minimum Gasteiger partial charge on any atom is -0.497 e.